The fourth-order valence-electron chi connectivity index (χ4n) is 1.19. The van der Waals surface area contributed by atoms with Crippen LogP contribution in [0.25, 0.3) is 0 Å². The summed E-state index contributed by atoms with van der Waals surface area (Å²) < 4.78 is 41.3. The number of ether oxygens (including phenoxy) is 1. The molecule has 0 fully saturated rings. The van der Waals surface area contributed by atoms with Crippen LogP contribution in [0.3, 0.4) is 0 Å². The Kier molecular flexibility index (Phi) is 5.47. The minimum atomic E-state index is -3.04. The Morgan fingerprint density at radius 3 is 2.71 bits per heavy atom. The van der Waals surface area contributed by atoms with Crippen molar-refractivity contribution in [3.05, 3.63) is 17.9 Å². The molecule has 0 amide bonds. The van der Waals surface area contributed by atoms with E-state index < -0.39 is 18.2 Å². The molecule has 96 valence electrons. The largest absolute Gasteiger partial charge is 0.432 e. The number of hydrogen-bond acceptors (Lipinski definition) is 3. The summed E-state index contributed by atoms with van der Waals surface area (Å²) in [5.74, 6) is -0.531. The van der Waals surface area contributed by atoms with Crippen LogP contribution in [0.15, 0.2) is 17.0 Å². The quantitative estimate of drug-likeness (QED) is 0.481. The number of hydrogen-bond donors (Lipinski definition) is 1. The molecule has 1 aromatic rings. The lowest BCUT2D eigenvalue weighted by atomic mass is 10.3. The second kappa shape index (κ2) is 6.64. The van der Waals surface area contributed by atoms with Crippen LogP contribution in [-0.2, 0) is 0 Å². The smallest absolute Gasteiger partial charge is 0.387 e. The SMILES string of the molecule is CCCCSc1cc(OC(F)F)c(F)cc1N. The summed E-state index contributed by atoms with van der Waals surface area (Å²) in [6, 6.07) is 2.23. The average Bonchev–Trinajstić information content (AvgIpc) is 2.24. The van der Waals surface area contributed by atoms with Crippen molar-refractivity contribution < 1.29 is 17.9 Å². The van der Waals surface area contributed by atoms with Gasteiger partial charge >= 0.3 is 6.61 Å². The van der Waals surface area contributed by atoms with Crippen LogP contribution in [-0.4, -0.2) is 12.4 Å². The second-order valence-electron chi connectivity index (χ2n) is 3.40. The lowest BCUT2D eigenvalue weighted by Crippen LogP contribution is -2.04. The molecular weight excluding hydrogens is 251 g/mol. The lowest BCUT2D eigenvalue weighted by Gasteiger charge is -2.10. The highest BCUT2D eigenvalue weighted by Crippen LogP contribution is 2.32. The van der Waals surface area contributed by atoms with Gasteiger partial charge in [0.1, 0.15) is 0 Å². The van der Waals surface area contributed by atoms with Gasteiger partial charge in [0.05, 0.1) is 0 Å². The Balaban J connectivity index is 2.82. The number of halogens is 3. The van der Waals surface area contributed by atoms with Crippen LogP contribution in [0.1, 0.15) is 19.8 Å². The highest BCUT2D eigenvalue weighted by Gasteiger charge is 2.13. The molecule has 2 N–H and O–H groups in total. The molecule has 0 unspecified atom stereocenters. The van der Waals surface area contributed by atoms with Crippen LogP contribution < -0.4 is 10.5 Å². The van der Waals surface area contributed by atoms with Crippen molar-refractivity contribution in [2.75, 3.05) is 11.5 Å². The van der Waals surface area contributed by atoms with Gasteiger partial charge in [0.15, 0.2) is 11.6 Å². The van der Waals surface area contributed by atoms with Gasteiger partial charge < -0.3 is 10.5 Å². The van der Waals surface area contributed by atoms with Crippen molar-refractivity contribution in [1.82, 2.24) is 0 Å². The molecule has 1 rings (SSSR count). The molecule has 2 nitrogen and oxygen atoms in total. The summed E-state index contributed by atoms with van der Waals surface area (Å²) in [6.45, 7) is -0.999. The van der Waals surface area contributed by atoms with Crippen LogP contribution in [0, 0.1) is 5.82 Å². The van der Waals surface area contributed by atoms with E-state index in [9.17, 15) is 13.2 Å². The number of unbranched alkanes of at least 4 members (excludes halogenated alkanes) is 1. The minimum Gasteiger partial charge on any atom is -0.432 e. The highest BCUT2D eigenvalue weighted by atomic mass is 32.2. The first-order chi connectivity index (χ1) is 8.04. The van der Waals surface area contributed by atoms with Gasteiger partial charge in [-0.15, -0.1) is 11.8 Å². The van der Waals surface area contributed by atoms with Gasteiger partial charge in [-0.1, -0.05) is 13.3 Å². The van der Waals surface area contributed by atoms with E-state index in [4.69, 9.17) is 5.73 Å². The topological polar surface area (TPSA) is 35.2 Å². The number of alkyl halides is 2. The second-order valence-corrected chi connectivity index (χ2v) is 4.54. The van der Waals surface area contributed by atoms with Crippen molar-refractivity contribution in [2.45, 2.75) is 31.3 Å². The summed E-state index contributed by atoms with van der Waals surface area (Å²) >= 11 is 1.41. The molecule has 0 aromatic heterocycles. The monoisotopic (exact) mass is 265 g/mol. The normalized spacial score (nSPS) is 10.9. The van der Waals surface area contributed by atoms with Gasteiger partial charge in [-0.2, -0.15) is 8.78 Å². The Morgan fingerprint density at radius 2 is 2.12 bits per heavy atom. The molecule has 0 aliphatic rings. The number of nitrogen functional groups attached to an aromatic ring is 1. The van der Waals surface area contributed by atoms with Crippen molar-refractivity contribution >= 4 is 17.4 Å². The first kappa shape index (κ1) is 14.0. The molecule has 0 saturated carbocycles. The molecule has 0 radical (unpaired) electrons. The minimum absolute atomic E-state index is 0.241. The standard InChI is InChI=1S/C11H14F3NOS/c1-2-3-4-17-10-6-9(16-11(13)14)7(12)5-8(10)15/h5-6,11H,2-4,15H2,1H3. The Bertz CT molecular complexity index is 374. The van der Waals surface area contributed by atoms with E-state index in [1.807, 2.05) is 6.92 Å². The number of anilines is 1. The van der Waals surface area contributed by atoms with Crippen LogP contribution >= 0.6 is 11.8 Å². The zero-order valence-electron chi connectivity index (χ0n) is 9.38. The molecule has 0 spiro atoms. The van der Waals surface area contributed by atoms with Gasteiger partial charge in [-0.25, -0.2) is 4.39 Å². The predicted octanol–water partition coefficient (Wildman–Crippen LogP) is 3.90. The number of rotatable bonds is 6. The maximum Gasteiger partial charge on any atom is 0.387 e. The Hall–Kier alpha value is -1.04. The molecule has 1 aromatic carbocycles. The molecule has 0 atom stereocenters. The Morgan fingerprint density at radius 1 is 1.41 bits per heavy atom. The summed E-state index contributed by atoms with van der Waals surface area (Å²) in [5, 5.41) is 0. The van der Waals surface area contributed by atoms with Crippen LogP contribution in [0.2, 0.25) is 0 Å². The fourth-order valence-corrected chi connectivity index (χ4v) is 2.26. The van der Waals surface area contributed by atoms with Crippen LogP contribution in [0.5, 0.6) is 5.75 Å². The third-order valence-electron chi connectivity index (χ3n) is 2.04. The van der Waals surface area contributed by atoms with E-state index in [0.29, 0.717) is 4.90 Å². The van der Waals surface area contributed by atoms with E-state index in [1.54, 1.807) is 0 Å². The van der Waals surface area contributed by atoms with Gasteiger partial charge in [0.2, 0.25) is 0 Å². The average molecular weight is 265 g/mol. The summed E-state index contributed by atoms with van der Waals surface area (Å²) in [6.07, 6.45) is 2.00. The van der Waals surface area contributed by atoms with Crippen LogP contribution in [0.4, 0.5) is 18.9 Å². The van der Waals surface area contributed by atoms with E-state index in [2.05, 4.69) is 4.74 Å². The third-order valence-corrected chi connectivity index (χ3v) is 3.19. The van der Waals surface area contributed by atoms with E-state index in [0.717, 1.165) is 24.7 Å². The van der Waals surface area contributed by atoms with Crippen molar-refractivity contribution in [2.24, 2.45) is 0 Å². The zero-order chi connectivity index (χ0) is 12.8. The van der Waals surface area contributed by atoms with Crippen molar-refractivity contribution in [3.63, 3.8) is 0 Å². The molecule has 0 bridgehead atoms. The van der Waals surface area contributed by atoms with Gasteiger partial charge in [-0.3, -0.25) is 0 Å². The molecular formula is C11H14F3NOS. The van der Waals surface area contributed by atoms with E-state index in [1.165, 1.54) is 17.8 Å². The molecule has 17 heavy (non-hydrogen) atoms. The highest BCUT2D eigenvalue weighted by molar-refractivity contribution is 7.99. The first-order valence-corrected chi connectivity index (χ1v) is 6.19. The predicted molar refractivity (Wildman–Crippen MR) is 63.1 cm³/mol. The summed E-state index contributed by atoms with van der Waals surface area (Å²) in [4.78, 5) is 0.565. The molecule has 0 aliphatic heterocycles. The molecule has 0 saturated heterocycles. The first-order valence-electron chi connectivity index (χ1n) is 5.21. The summed E-state index contributed by atoms with van der Waals surface area (Å²) in [5.41, 5.74) is 5.84. The maximum absolute atomic E-state index is 13.2. The molecule has 0 heterocycles. The zero-order valence-corrected chi connectivity index (χ0v) is 10.2. The lowest BCUT2D eigenvalue weighted by molar-refractivity contribution is -0.0523. The summed E-state index contributed by atoms with van der Waals surface area (Å²) in [7, 11) is 0. The number of benzene rings is 1. The van der Waals surface area contributed by atoms with Gasteiger partial charge in [-0.05, 0) is 18.2 Å². The van der Waals surface area contributed by atoms with Crippen molar-refractivity contribution in [1.29, 1.82) is 0 Å². The Labute approximate surface area is 102 Å². The van der Waals surface area contributed by atoms with E-state index >= 15 is 0 Å². The maximum atomic E-state index is 13.2. The molecule has 6 heteroatoms. The van der Waals surface area contributed by atoms with Crippen molar-refractivity contribution in [3.8, 4) is 5.75 Å². The third kappa shape index (κ3) is 4.38. The van der Waals surface area contributed by atoms with Gasteiger partial charge in [0.25, 0.3) is 0 Å². The van der Waals surface area contributed by atoms with E-state index in [-0.39, 0.29) is 5.69 Å². The number of nitrogens with two attached hydrogens (primary N) is 1. The number of thioether (sulfide) groups is 1. The fraction of sp³-hybridized carbons (Fsp3) is 0.455. The molecule has 0 aliphatic carbocycles. The van der Waals surface area contributed by atoms with Gasteiger partial charge in [0, 0.05) is 16.6 Å².